The molecule has 26 heavy (non-hydrogen) atoms. The van der Waals surface area contributed by atoms with E-state index in [2.05, 4.69) is 19.6 Å². The van der Waals surface area contributed by atoms with Crippen LogP contribution in [0.1, 0.15) is 22.5 Å². The summed E-state index contributed by atoms with van der Waals surface area (Å²) >= 11 is 0. The van der Waals surface area contributed by atoms with Gasteiger partial charge in [-0.25, -0.2) is 18.4 Å². The Labute approximate surface area is 154 Å². The molecule has 1 N–H and O–H groups in total. The summed E-state index contributed by atoms with van der Waals surface area (Å²) in [6.07, 6.45) is 0. The molecule has 0 radical (unpaired) electrons. The van der Waals surface area contributed by atoms with Gasteiger partial charge < -0.3 is 9.64 Å². The van der Waals surface area contributed by atoms with Crippen molar-refractivity contribution >= 4 is 21.7 Å². The molecule has 1 fully saturated rings. The number of hydrogen-bond donors (Lipinski definition) is 1. The summed E-state index contributed by atoms with van der Waals surface area (Å²) in [6, 6.07) is 7.48. The van der Waals surface area contributed by atoms with Crippen molar-refractivity contribution in [3.8, 4) is 0 Å². The predicted molar refractivity (Wildman–Crippen MR) is 102 cm³/mol. The van der Waals surface area contributed by atoms with Gasteiger partial charge in [0.2, 0.25) is 16.0 Å². The summed E-state index contributed by atoms with van der Waals surface area (Å²) in [7, 11) is -3.55. The van der Waals surface area contributed by atoms with E-state index >= 15 is 0 Å². The Balaban J connectivity index is 1.80. The van der Waals surface area contributed by atoms with E-state index in [0.717, 1.165) is 24.2 Å². The predicted octanol–water partition coefficient (Wildman–Crippen LogP) is 2.18. The van der Waals surface area contributed by atoms with Gasteiger partial charge in [-0.1, -0.05) is 29.8 Å². The zero-order valence-corrected chi connectivity index (χ0v) is 16.1. The van der Waals surface area contributed by atoms with Gasteiger partial charge in [0.05, 0.1) is 36.0 Å². The zero-order valence-electron chi connectivity index (χ0n) is 15.3. The van der Waals surface area contributed by atoms with Gasteiger partial charge in [-0.2, -0.15) is 0 Å². The van der Waals surface area contributed by atoms with E-state index in [9.17, 15) is 8.42 Å². The Hall–Kier alpha value is -2.19. The van der Waals surface area contributed by atoms with Crippen LogP contribution in [0.3, 0.4) is 0 Å². The molecule has 1 aromatic carbocycles. The maximum atomic E-state index is 12.6. The molecule has 0 spiro atoms. The number of aryl methyl sites for hydroxylation is 3. The van der Waals surface area contributed by atoms with Crippen LogP contribution in [0.15, 0.2) is 24.3 Å². The Kier molecular flexibility index (Phi) is 5.43. The molecule has 3 rings (SSSR count). The van der Waals surface area contributed by atoms with E-state index in [1.54, 1.807) is 13.8 Å². The highest BCUT2D eigenvalue weighted by Gasteiger charge is 2.20. The van der Waals surface area contributed by atoms with E-state index in [0.29, 0.717) is 36.2 Å². The highest BCUT2D eigenvalue weighted by molar-refractivity contribution is 7.91. The monoisotopic (exact) mass is 376 g/mol. The fourth-order valence-electron chi connectivity index (χ4n) is 2.96. The lowest BCUT2D eigenvalue weighted by atomic mass is 10.2. The topological polar surface area (TPSA) is 84.4 Å². The lowest BCUT2D eigenvalue weighted by molar-refractivity contribution is 0.122. The van der Waals surface area contributed by atoms with Crippen LogP contribution in [-0.2, 0) is 20.5 Å². The fourth-order valence-corrected chi connectivity index (χ4v) is 4.26. The molecular weight excluding hydrogens is 352 g/mol. The quantitative estimate of drug-likeness (QED) is 0.861. The molecule has 7 nitrogen and oxygen atoms in total. The van der Waals surface area contributed by atoms with E-state index < -0.39 is 10.0 Å². The molecular formula is C18H24N4O3S. The third-order valence-corrected chi connectivity index (χ3v) is 5.48. The van der Waals surface area contributed by atoms with Crippen molar-refractivity contribution in [2.75, 3.05) is 35.9 Å². The lowest BCUT2D eigenvalue weighted by Gasteiger charge is -2.27. The standard InChI is InChI=1S/C18H24N4O3S/c1-13-5-4-6-16(11-13)12-26(23,24)21-17-14(2)19-18(20-15(17)3)22-7-9-25-10-8-22/h4-6,11,21H,7-10,12H2,1-3H3. The number of morpholine rings is 1. The Bertz CT molecular complexity index is 870. The first-order valence-electron chi connectivity index (χ1n) is 8.58. The normalized spacial score (nSPS) is 15.1. The van der Waals surface area contributed by atoms with E-state index in [4.69, 9.17) is 4.74 Å². The molecule has 0 saturated carbocycles. The first kappa shape index (κ1) is 18.6. The molecule has 2 heterocycles. The van der Waals surface area contributed by atoms with Crippen LogP contribution >= 0.6 is 0 Å². The number of nitrogens with zero attached hydrogens (tertiary/aromatic N) is 3. The minimum atomic E-state index is -3.55. The summed E-state index contributed by atoms with van der Waals surface area (Å²) in [5.74, 6) is 0.531. The van der Waals surface area contributed by atoms with Crippen LogP contribution in [-0.4, -0.2) is 44.7 Å². The van der Waals surface area contributed by atoms with Gasteiger partial charge in [-0.15, -0.1) is 0 Å². The van der Waals surface area contributed by atoms with Gasteiger partial charge >= 0.3 is 0 Å². The summed E-state index contributed by atoms with van der Waals surface area (Å²) in [5, 5.41) is 0. The number of anilines is 2. The fraction of sp³-hybridized carbons (Fsp3) is 0.444. The molecule has 0 atom stereocenters. The second kappa shape index (κ2) is 7.59. The third kappa shape index (κ3) is 4.50. The van der Waals surface area contributed by atoms with Crippen molar-refractivity contribution in [3.05, 3.63) is 46.8 Å². The largest absolute Gasteiger partial charge is 0.378 e. The molecule has 1 aliphatic rings. The minimum absolute atomic E-state index is 0.0845. The van der Waals surface area contributed by atoms with Crippen molar-refractivity contribution in [2.24, 2.45) is 0 Å². The van der Waals surface area contributed by atoms with Crippen LogP contribution in [0.2, 0.25) is 0 Å². The van der Waals surface area contributed by atoms with Crippen molar-refractivity contribution in [3.63, 3.8) is 0 Å². The van der Waals surface area contributed by atoms with Crippen LogP contribution in [0.4, 0.5) is 11.6 Å². The molecule has 8 heteroatoms. The minimum Gasteiger partial charge on any atom is -0.378 e. The Morgan fingerprint density at radius 2 is 1.77 bits per heavy atom. The summed E-state index contributed by atoms with van der Waals surface area (Å²) in [5.41, 5.74) is 3.47. The number of aromatic nitrogens is 2. The van der Waals surface area contributed by atoms with Crippen LogP contribution in [0.5, 0.6) is 0 Å². The number of ether oxygens (including phenoxy) is 1. The van der Waals surface area contributed by atoms with Crippen molar-refractivity contribution in [1.29, 1.82) is 0 Å². The number of nitrogens with one attached hydrogen (secondary N) is 1. The zero-order chi connectivity index (χ0) is 18.7. The number of sulfonamides is 1. The first-order chi connectivity index (χ1) is 12.3. The van der Waals surface area contributed by atoms with E-state index in [1.165, 1.54) is 0 Å². The lowest BCUT2D eigenvalue weighted by Crippen LogP contribution is -2.37. The SMILES string of the molecule is Cc1cccc(CS(=O)(=O)Nc2c(C)nc(N3CCOCC3)nc2C)c1. The Morgan fingerprint density at radius 3 is 2.38 bits per heavy atom. The number of hydrogen-bond acceptors (Lipinski definition) is 6. The van der Waals surface area contributed by atoms with Crippen molar-refractivity contribution < 1.29 is 13.2 Å². The second-order valence-electron chi connectivity index (χ2n) is 6.52. The van der Waals surface area contributed by atoms with Gasteiger partial charge in [0.1, 0.15) is 0 Å². The molecule has 0 aliphatic carbocycles. The smallest absolute Gasteiger partial charge is 0.237 e. The molecule has 1 aliphatic heterocycles. The number of rotatable bonds is 5. The van der Waals surface area contributed by atoms with Gasteiger partial charge in [-0.3, -0.25) is 4.72 Å². The van der Waals surface area contributed by atoms with Gasteiger partial charge in [0.25, 0.3) is 0 Å². The molecule has 0 amide bonds. The molecule has 1 saturated heterocycles. The van der Waals surface area contributed by atoms with Gasteiger partial charge in [0, 0.05) is 13.1 Å². The third-order valence-electron chi connectivity index (χ3n) is 4.25. The van der Waals surface area contributed by atoms with Crippen LogP contribution < -0.4 is 9.62 Å². The first-order valence-corrected chi connectivity index (χ1v) is 10.2. The maximum absolute atomic E-state index is 12.6. The van der Waals surface area contributed by atoms with Crippen LogP contribution in [0.25, 0.3) is 0 Å². The average molecular weight is 376 g/mol. The number of benzene rings is 1. The van der Waals surface area contributed by atoms with Crippen molar-refractivity contribution in [2.45, 2.75) is 26.5 Å². The molecule has 2 aromatic rings. The van der Waals surface area contributed by atoms with Crippen molar-refractivity contribution in [1.82, 2.24) is 9.97 Å². The summed E-state index contributed by atoms with van der Waals surface area (Å²) in [4.78, 5) is 11.0. The van der Waals surface area contributed by atoms with Crippen LogP contribution in [0, 0.1) is 20.8 Å². The molecule has 140 valence electrons. The summed E-state index contributed by atoms with van der Waals surface area (Å²) < 4.78 is 33.2. The van der Waals surface area contributed by atoms with E-state index in [-0.39, 0.29) is 5.75 Å². The maximum Gasteiger partial charge on any atom is 0.237 e. The van der Waals surface area contributed by atoms with Gasteiger partial charge in [-0.05, 0) is 26.3 Å². The van der Waals surface area contributed by atoms with E-state index in [1.807, 2.05) is 31.2 Å². The summed E-state index contributed by atoms with van der Waals surface area (Å²) in [6.45, 7) is 8.29. The molecule has 0 unspecified atom stereocenters. The second-order valence-corrected chi connectivity index (χ2v) is 8.24. The Morgan fingerprint density at radius 1 is 1.12 bits per heavy atom. The highest BCUT2D eigenvalue weighted by atomic mass is 32.2. The van der Waals surface area contributed by atoms with Gasteiger partial charge in [0.15, 0.2) is 0 Å². The average Bonchev–Trinajstić information content (AvgIpc) is 2.58. The highest BCUT2D eigenvalue weighted by Crippen LogP contribution is 2.23. The molecule has 1 aromatic heterocycles. The molecule has 0 bridgehead atoms.